The van der Waals surface area contributed by atoms with Crippen molar-refractivity contribution in [3.63, 3.8) is 0 Å². The van der Waals surface area contributed by atoms with Crippen LogP contribution < -0.4 is 10.5 Å². The first-order valence-corrected chi connectivity index (χ1v) is 7.32. The lowest BCUT2D eigenvalue weighted by Gasteiger charge is -2.32. The van der Waals surface area contributed by atoms with Crippen LogP contribution in [0.1, 0.15) is 23.5 Å². The van der Waals surface area contributed by atoms with Crippen molar-refractivity contribution in [2.24, 2.45) is 5.73 Å². The Hall–Kier alpha value is -1.51. The van der Waals surface area contributed by atoms with E-state index < -0.39 is 0 Å². The Morgan fingerprint density at radius 2 is 2.05 bits per heavy atom. The molecule has 2 N–H and O–H groups in total. The summed E-state index contributed by atoms with van der Waals surface area (Å²) in [5.74, 6) is 1.37. The zero-order valence-electron chi connectivity index (χ0n) is 11.3. The Labute approximate surface area is 124 Å². The predicted octanol–water partition coefficient (Wildman–Crippen LogP) is 3.78. The molecule has 0 radical (unpaired) electrons. The van der Waals surface area contributed by atoms with E-state index in [4.69, 9.17) is 22.1 Å². The molecule has 0 aromatic heterocycles. The molecule has 2 nitrogen and oxygen atoms in total. The fourth-order valence-electron chi connectivity index (χ4n) is 2.77. The molecule has 0 amide bonds. The normalized spacial score (nSPS) is 18.0. The molecule has 2 unspecified atom stereocenters. The topological polar surface area (TPSA) is 35.2 Å². The minimum Gasteiger partial charge on any atom is -0.492 e. The molecule has 0 bridgehead atoms. The summed E-state index contributed by atoms with van der Waals surface area (Å²) < 4.78 is 5.70. The van der Waals surface area contributed by atoms with Gasteiger partial charge in [0.05, 0.1) is 0 Å². The van der Waals surface area contributed by atoms with Gasteiger partial charge in [-0.05, 0) is 48.1 Å². The minimum absolute atomic E-state index is 0.0485. The second-order valence-corrected chi connectivity index (χ2v) is 5.80. The van der Waals surface area contributed by atoms with E-state index in [0.717, 1.165) is 18.6 Å². The van der Waals surface area contributed by atoms with E-state index in [1.165, 1.54) is 11.1 Å². The number of rotatable bonds is 5. The smallest absolute Gasteiger partial charge is 0.120 e. The van der Waals surface area contributed by atoms with Gasteiger partial charge in [-0.25, -0.2) is 0 Å². The van der Waals surface area contributed by atoms with Crippen molar-refractivity contribution in [3.8, 4) is 5.75 Å². The van der Waals surface area contributed by atoms with Crippen molar-refractivity contribution in [1.29, 1.82) is 0 Å². The highest BCUT2D eigenvalue weighted by Crippen LogP contribution is 2.37. The molecule has 0 aliphatic heterocycles. The number of fused-ring (bicyclic) bond motifs is 1. The first-order chi connectivity index (χ1) is 9.72. The van der Waals surface area contributed by atoms with Crippen molar-refractivity contribution in [2.75, 3.05) is 6.61 Å². The van der Waals surface area contributed by atoms with Crippen LogP contribution in [0.3, 0.4) is 0 Å². The third kappa shape index (κ3) is 2.97. The molecule has 0 spiro atoms. The predicted molar refractivity (Wildman–Crippen MR) is 82.4 cm³/mol. The van der Waals surface area contributed by atoms with Crippen LogP contribution in [-0.4, -0.2) is 12.6 Å². The van der Waals surface area contributed by atoms with Crippen molar-refractivity contribution in [2.45, 2.75) is 24.8 Å². The molecule has 20 heavy (non-hydrogen) atoms. The van der Waals surface area contributed by atoms with E-state index in [-0.39, 0.29) is 6.04 Å². The summed E-state index contributed by atoms with van der Waals surface area (Å²) in [6, 6.07) is 16.1. The Balaban J connectivity index is 1.50. The van der Waals surface area contributed by atoms with E-state index in [2.05, 4.69) is 24.3 Å². The molecule has 2 atom stereocenters. The molecule has 0 heterocycles. The van der Waals surface area contributed by atoms with Gasteiger partial charge in [0.25, 0.3) is 0 Å². The molecule has 1 aliphatic rings. The number of hydrogen-bond acceptors (Lipinski definition) is 2. The molecule has 0 fully saturated rings. The first-order valence-electron chi connectivity index (χ1n) is 6.94. The molecule has 3 heteroatoms. The van der Waals surface area contributed by atoms with Crippen molar-refractivity contribution in [1.82, 2.24) is 0 Å². The third-order valence-electron chi connectivity index (χ3n) is 3.81. The molecule has 0 saturated heterocycles. The van der Waals surface area contributed by atoms with E-state index >= 15 is 0 Å². The fourth-order valence-corrected chi connectivity index (χ4v) is 2.95. The van der Waals surface area contributed by atoms with Gasteiger partial charge >= 0.3 is 0 Å². The number of hydrogen-bond donors (Lipinski definition) is 1. The van der Waals surface area contributed by atoms with E-state index in [0.29, 0.717) is 17.5 Å². The quantitative estimate of drug-likeness (QED) is 0.908. The summed E-state index contributed by atoms with van der Waals surface area (Å²) in [4.78, 5) is 0. The zero-order valence-corrected chi connectivity index (χ0v) is 12.0. The fraction of sp³-hybridized carbons (Fsp3) is 0.294. The molecule has 1 aliphatic carbocycles. The SMILES string of the molecule is NC(COc1cccc(Cl)c1)CC1Cc2ccccc21. The zero-order chi connectivity index (χ0) is 13.9. The number of ether oxygens (including phenoxy) is 1. The van der Waals surface area contributed by atoms with Crippen LogP contribution in [0.5, 0.6) is 5.75 Å². The highest BCUT2D eigenvalue weighted by Gasteiger charge is 2.27. The molecule has 0 saturated carbocycles. The Kier molecular flexibility index (Phi) is 3.95. The van der Waals surface area contributed by atoms with Crippen molar-refractivity contribution < 1.29 is 4.74 Å². The largest absolute Gasteiger partial charge is 0.492 e. The summed E-state index contributed by atoms with van der Waals surface area (Å²) in [6.45, 7) is 0.527. The summed E-state index contributed by atoms with van der Waals surface area (Å²) in [6.07, 6.45) is 2.11. The summed E-state index contributed by atoms with van der Waals surface area (Å²) in [5, 5.41) is 0.684. The van der Waals surface area contributed by atoms with Crippen molar-refractivity contribution in [3.05, 3.63) is 64.7 Å². The summed E-state index contributed by atoms with van der Waals surface area (Å²) >= 11 is 5.92. The highest BCUT2D eigenvalue weighted by atomic mass is 35.5. The second kappa shape index (κ2) is 5.86. The second-order valence-electron chi connectivity index (χ2n) is 5.36. The standard InChI is InChI=1S/C17H18ClNO/c18-14-5-3-6-16(10-14)20-11-15(19)9-13-8-12-4-1-2-7-17(12)13/h1-7,10,13,15H,8-9,11,19H2. The molecule has 2 aromatic carbocycles. The molecule has 3 rings (SSSR count). The van der Waals surface area contributed by atoms with Gasteiger partial charge in [0.1, 0.15) is 12.4 Å². The van der Waals surface area contributed by atoms with Crippen molar-refractivity contribution >= 4 is 11.6 Å². The van der Waals surface area contributed by atoms with Crippen LogP contribution in [0, 0.1) is 0 Å². The average molecular weight is 288 g/mol. The average Bonchev–Trinajstić information content (AvgIpc) is 2.43. The number of benzene rings is 2. The van der Waals surface area contributed by atoms with Crippen LogP contribution >= 0.6 is 11.6 Å². The summed E-state index contributed by atoms with van der Waals surface area (Å²) in [5.41, 5.74) is 9.08. The van der Waals surface area contributed by atoms with Gasteiger partial charge in [-0.1, -0.05) is 41.9 Å². The van der Waals surface area contributed by atoms with E-state index in [1.807, 2.05) is 24.3 Å². The maximum Gasteiger partial charge on any atom is 0.120 e. The minimum atomic E-state index is 0.0485. The lowest BCUT2D eigenvalue weighted by molar-refractivity contribution is 0.272. The van der Waals surface area contributed by atoms with Crippen LogP contribution in [0.25, 0.3) is 0 Å². The number of halogens is 1. The van der Waals surface area contributed by atoms with Gasteiger partial charge in [-0.3, -0.25) is 0 Å². The van der Waals surface area contributed by atoms with Gasteiger partial charge in [0.15, 0.2) is 0 Å². The Morgan fingerprint density at radius 1 is 1.20 bits per heavy atom. The van der Waals surface area contributed by atoms with Crippen LogP contribution in [0.2, 0.25) is 5.02 Å². The monoisotopic (exact) mass is 287 g/mol. The maximum atomic E-state index is 6.17. The first kappa shape index (κ1) is 13.5. The van der Waals surface area contributed by atoms with Gasteiger partial charge in [0.2, 0.25) is 0 Å². The maximum absolute atomic E-state index is 6.17. The van der Waals surface area contributed by atoms with E-state index in [9.17, 15) is 0 Å². The van der Waals surface area contributed by atoms with Gasteiger partial charge in [-0.2, -0.15) is 0 Å². The van der Waals surface area contributed by atoms with Crippen LogP contribution in [0.15, 0.2) is 48.5 Å². The lowest BCUT2D eigenvalue weighted by Crippen LogP contribution is -2.32. The molecule has 104 valence electrons. The van der Waals surface area contributed by atoms with Crippen LogP contribution in [-0.2, 0) is 6.42 Å². The van der Waals surface area contributed by atoms with Gasteiger partial charge in [-0.15, -0.1) is 0 Å². The lowest BCUT2D eigenvalue weighted by atomic mass is 9.74. The molecular formula is C17H18ClNO. The summed E-state index contributed by atoms with van der Waals surface area (Å²) in [7, 11) is 0. The highest BCUT2D eigenvalue weighted by molar-refractivity contribution is 6.30. The van der Waals surface area contributed by atoms with Crippen LogP contribution in [0.4, 0.5) is 0 Å². The van der Waals surface area contributed by atoms with Gasteiger partial charge in [0, 0.05) is 11.1 Å². The molecular weight excluding hydrogens is 270 g/mol. The van der Waals surface area contributed by atoms with Gasteiger partial charge < -0.3 is 10.5 Å². The third-order valence-corrected chi connectivity index (χ3v) is 4.04. The number of nitrogens with two attached hydrogens (primary N) is 1. The van der Waals surface area contributed by atoms with E-state index in [1.54, 1.807) is 0 Å². The molecule has 2 aromatic rings. The Morgan fingerprint density at radius 3 is 2.85 bits per heavy atom. The Bertz CT molecular complexity index is 599.